The zero-order chi connectivity index (χ0) is 8.15. The maximum Gasteiger partial charge on any atom is 0.405 e. The molecule has 2 N–H and O–H groups in total. The first kappa shape index (κ1) is 8.76. The van der Waals surface area contributed by atoms with Gasteiger partial charge in [0.15, 0.2) is 0 Å². The summed E-state index contributed by atoms with van der Waals surface area (Å²) >= 11 is 0. The number of nitriles is 1. The molecule has 0 heterocycles. The number of nitrogens with zero attached hydrogens (tertiary/aromatic N) is 1. The van der Waals surface area contributed by atoms with Crippen molar-refractivity contribution in [3.8, 4) is 6.07 Å². The fourth-order valence-corrected chi connectivity index (χ4v) is 0.481. The lowest BCUT2D eigenvalue weighted by atomic mass is 10.1. The Balaban J connectivity index is 3.87. The predicted molar refractivity (Wildman–Crippen MR) is 35.4 cm³/mol. The Morgan fingerprint density at radius 2 is 2.20 bits per heavy atom. The van der Waals surface area contributed by atoms with Crippen molar-refractivity contribution in [3.05, 3.63) is 0 Å². The fraction of sp³-hybridized carbons (Fsp3) is 0.667. The van der Waals surface area contributed by atoms with E-state index in [-0.39, 0.29) is 5.92 Å². The van der Waals surface area contributed by atoms with Crippen LogP contribution in [0.5, 0.6) is 0 Å². The molecule has 1 atom stereocenters. The molecule has 0 aromatic carbocycles. The second-order valence-corrected chi connectivity index (χ2v) is 2.30. The molecule has 0 saturated carbocycles. The number of carboxylic acid groups (broad SMARTS) is 1. The van der Waals surface area contributed by atoms with Gasteiger partial charge in [-0.3, -0.25) is 0 Å². The SMILES string of the molecule is CC(C)C(C#N)NC(=O)O. The van der Waals surface area contributed by atoms with Crippen molar-refractivity contribution < 1.29 is 9.90 Å². The minimum absolute atomic E-state index is 0.0149. The second-order valence-electron chi connectivity index (χ2n) is 2.30. The number of carbonyl (C=O) groups is 1. The third kappa shape index (κ3) is 2.92. The normalized spacial score (nSPS) is 12.2. The average Bonchev–Trinajstić information content (AvgIpc) is 1.81. The van der Waals surface area contributed by atoms with Crippen LogP contribution in [0, 0.1) is 17.2 Å². The van der Waals surface area contributed by atoms with E-state index in [1.54, 1.807) is 13.8 Å². The molecule has 0 bridgehead atoms. The van der Waals surface area contributed by atoms with Gasteiger partial charge in [0.2, 0.25) is 0 Å². The summed E-state index contributed by atoms with van der Waals surface area (Å²) in [5.41, 5.74) is 0. The molecule has 0 aromatic rings. The number of hydrogen-bond donors (Lipinski definition) is 2. The molecular formula is C6H10N2O2. The van der Waals surface area contributed by atoms with Crippen molar-refractivity contribution in [2.45, 2.75) is 19.9 Å². The van der Waals surface area contributed by atoms with Crippen molar-refractivity contribution in [1.82, 2.24) is 5.32 Å². The van der Waals surface area contributed by atoms with E-state index in [1.807, 2.05) is 6.07 Å². The van der Waals surface area contributed by atoms with Gasteiger partial charge >= 0.3 is 6.09 Å². The lowest BCUT2D eigenvalue weighted by Crippen LogP contribution is -2.36. The molecule has 56 valence electrons. The van der Waals surface area contributed by atoms with Gasteiger partial charge in [-0.25, -0.2) is 4.79 Å². The van der Waals surface area contributed by atoms with E-state index in [9.17, 15) is 4.79 Å². The van der Waals surface area contributed by atoms with Crippen LogP contribution in [0.1, 0.15) is 13.8 Å². The number of rotatable bonds is 2. The molecule has 0 aliphatic carbocycles. The second kappa shape index (κ2) is 3.72. The largest absolute Gasteiger partial charge is 0.465 e. The minimum atomic E-state index is -1.15. The molecule has 1 unspecified atom stereocenters. The van der Waals surface area contributed by atoms with Crippen LogP contribution < -0.4 is 5.32 Å². The van der Waals surface area contributed by atoms with Gasteiger partial charge in [0.05, 0.1) is 6.07 Å². The Bertz CT molecular complexity index is 160. The molecule has 0 aliphatic heterocycles. The van der Waals surface area contributed by atoms with Crippen molar-refractivity contribution in [1.29, 1.82) is 5.26 Å². The quantitative estimate of drug-likeness (QED) is 0.599. The fourth-order valence-electron chi connectivity index (χ4n) is 0.481. The predicted octanol–water partition coefficient (Wildman–Crippen LogP) is 0.802. The maximum absolute atomic E-state index is 10.0. The molecule has 10 heavy (non-hydrogen) atoms. The van der Waals surface area contributed by atoms with Gasteiger partial charge in [0, 0.05) is 0 Å². The van der Waals surface area contributed by atoms with E-state index in [1.165, 1.54) is 0 Å². The highest BCUT2D eigenvalue weighted by molar-refractivity contribution is 5.65. The molecule has 0 radical (unpaired) electrons. The number of hydrogen-bond acceptors (Lipinski definition) is 2. The molecule has 4 heteroatoms. The van der Waals surface area contributed by atoms with Crippen LogP contribution in [0.2, 0.25) is 0 Å². The highest BCUT2D eigenvalue weighted by atomic mass is 16.4. The van der Waals surface area contributed by atoms with E-state index in [4.69, 9.17) is 10.4 Å². The van der Waals surface area contributed by atoms with Crippen molar-refractivity contribution in [2.75, 3.05) is 0 Å². The highest BCUT2D eigenvalue weighted by Crippen LogP contribution is 1.98. The van der Waals surface area contributed by atoms with Crippen LogP contribution in [-0.2, 0) is 0 Å². The van der Waals surface area contributed by atoms with E-state index >= 15 is 0 Å². The summed E-state index contributed by atoms with van der Waals surface area (Å²) in [4.78, 5) is 10.0. The first-order chi connectivity index (χ1) is 4.57. The third-order valence-electron chi connectivity index (χ3n) is 1.08. The lowest BCUT2D eigenvalue weighted by molar-refractivity contribution is 0.189. The summed E-state index contributed by atoms with van der Waals surface area (Å²) in [5, 5.41) is 18.7. The van der Waals surface area contributed by atoms with Gasteiger partial charge in [-0.1, -0.05) is 13.8 Å². The van der Waals surface area contributed by atoms with E-state index in [0.717, 1.165) is 0 Å². The minimum Gasteiger partial charge on any atom is -0.465 e. The molecular weight excluding hydrogens is 132 g/mol. The molecule has 0 aliphatic rings. The topological polar surface area (TPSA) is 73.1 Å². The van der Waals surface area contributed by atoms with Gasteiger partial charge in [0.25, 0.3) is 0 Å². The Kier molecular flexibility index (Phi) is 3.26. The van der Waals surface area contributed by atoms with E-state index < -0.39 is 12.1 Å². The van der Waals surface area contributed by atoms with E-state index in [2.05, 4.69) is 5.32 Å². The average molecular weight is 142 g/mol. The monoisotopic (exact) mass is 142 g/mol. The summed E-state index contributed by atoms with van der Waals surface area (Å²) in [7, 11) is 0. The van der Waals surface area contributed by atoms with Gasteiger partial charge in [-0.05, 0) is 5.92 Å². The van der Waals surface area contributed by atoms with E-state index in [0.29, 0.717) is 0 Å². The molecule has 0 saturated heterocycles. The van der Waals surface area contributed by atoms with Crippen LogP contribution in [0.15, 0.2) is 0 Å². The zero-order valence-electron chi connectivity index (χ0n) is 5.96. The van der Waals surface area contributed by atoms with Crippen LogP contribution in [0.25, 0.3) is 0 Å². The van der Waals surface area contributed by atoms with Crippen molar-refractivity contribution in [2.24, 2.45) is 5.92 Å². The van der Waals surface area contributed by atoms with Crippen LogP contribution in [0.4, 0.5) is 4.79 Å². The summed E-state index contributed by atoms with van der Waals surface area (Å²) in [6.45, 7) is 3.56. The van der Waals surface area contributed by atoms with Gasteiger partial charge in [-0.15, -0.1) is 0 Å². The summed E-state index contributed by atoms with van der Waals surface area (Å²) < 4.78 is 0. The smallest absolute Gasteiger partial charge is 0.405 e. The summed E-state index contributed by atoms with van der Waals surface area (Å²) in [6, 6.07) is 1.24. The van der Waals surface area contributed by atoms with Crippen molar-refractivity contribution in [3.63, 3.8) is 0 Å². The zero-order valence-corrected chi connectivity index (χ0v) is 5.96. The Morgan fingerprint density at radius 1 is 1.70 bits per heavy atom. The standard InChI is InChI=1S/C6H10N2O2/c1-4(2)5(3-7)8-6(9)10/h4-5,8H,1-2H3,(H,9,10). The number of amides is 1. The molecule has 0 aromatic heterocycles. The third-order valence-corrected chi connectivity index (χ3v) is 1.08. The first-order valence-electron chi connectivity index (χ1n) is 2.97. The van der Waals surface area contributed by atoms with Gasteiger partial charge in [0.1, 0.15) is 6.04 Å². The Morgan fingerprint density at radius 3 is 2.30 bits per heavy atom. The maximum atomic E-state index is 10.0. The molecule has 4 nitrogen and oxygen atoms in total. The molecule has 1 amide bonds. The Hall–Kier alpha value is -1.24. The van der Waals surface area contributed by atoms with Gasteiger partial charge in [-0.2, -0.15) is 5.26 Å². The summed E-state index contributed by atoms with van der Waals surface area (Å²) in [6.07, 6.45) is -1.15. The van der Waals surface area contributed by atoms with Crippen LogP contribution in [0.3, 0.4) is 0 Å². The van der Waals surface area contributed by atoms with Crippen LogP contribution in [-0.4, -0.2) is 17.2 Å². The van der Waals surface area contributed by atoms with Crippen LogP contribution >= 0.6 is 0 Å². The molecule has 0 fully saturated rings. The van der Waals surface area contributed by atoms with Gasteiger partial charge < -0.3 is 10.4 Å². The highest BCUT2D eigenvalue weighted by Gasteiger charge is 2.13. The summed E-state index contributed by atoms with van der Waals surface area (Å²) in [5.74, 6) is 0.0149. The Labute approximate surface area is 59.5 Å². The van der Waals surface area contributed by atoms with Crippen molar-refractivity contribution >= 4 is 6.09 Å². The number of nitrogens with one attached hydrogen (secondary N) is 1. The first-order valence-corrected chi connectivity index (χ1v) is 2.97. The molecule has 0 spiro atoms. The lowest BCUT2D eigenvalue weighted by Gasteiger charge is -2.11. The molecule has 0 rings (SSSR count).